The summed E-state index contributed by atoms with van der Waals surface area (Å²) in [5, 5.41) is 12.5. The molecule has 1 atom stereocenters. The van der Waals surface area contributed by atoms with E-state index in [9.17, 15) is 5.26 Å². The Morgan fingerprint density at radius 2 is 2.18 bits per heavy atom. The fourth-order valence-corrected chi connectivity index (χ4v) is 2.31. The van der Waals surface area contributed by atoms with E-state index in [1.807, 2.05) is 0 Å². The van der Waals surface area contributed by atoms with Gasteiger partial charge in [0.25, 0.3) is 0 Å². The van der Waals surface area contributed by atoms with Crippen LogP contribution in [0.5, 0.6) is 0 Å². The summed E-state index contributed by atoms with van der Waals surface area (Å²) in [5.74, 6) is 0. The average Bonchev–Trinajstić information content (AvgIpc) is 2.67. The van der Waals surface area contributed by atoms with E-state index in [1.54, 1.807) is 0 Å². The van der Waals surface area contributed by atoms with Crippen LogP contribution in [0.25, 0.3) is 0 Å². The van der Waals surface area contributed by atoms with Gasteiger partial charge in [-0.2, -0.15) is 5.26 Å². The molecular formula is C14H19N3. The van der Waals surface area contributed by atoms with Crippen molar-refractivity contribution >= 4 is 5.69 Å². The molecule has 1 aliphatic heterocycles. The second-order valence-corrected chi connectivity index (χ2v) is 4.94. The maximum atomic E-state index is 9.21. The lowest BCUT2D eigenvalue weighted by atomic mass is 10.0. The first-order valence-electron chi connectivity index (χ1n) is 6.11. The third kappa shape index (κ3) is 2.42. The molecule has 0 aromatic heterocycles. The smallest absolute Gasteiger partial charge is 0.121 e. The van der Waals surface area contributed by atoms with Crippen molar-refractivity contribution in [1.29, 1.82) is 5.26 Å². The Morgan fingerprint density at radius 1 is 1.41 bits per heavy atom. The molecule has 0 saturated carbocycles. The summed E-state index contributed by atoms with van der Waals surface area (Å²) in [4.78, 5) is 2.26. The Morgan fingerprint density at radius 3 is 2.82 bits per heavy atom. The minimum Gasteiger partial charge on any atom is -0.374 e. The summed E-state index contributed by atoms with van der Waals surface area (Å²) < 4.78 is 0. The molecule has 3 heteroatoms. The highest BCUT2D eigenvalue weighted by atomic mass is 15.1. The van der Waals surface area contributed by atoms with Crippen LogP contribution in [0.15, 0.2) is 18.2 Å². The summed E-state index contributed by atoms with van der Waals surface area (Å²) in [6.45, 7) is 5.20. The molecule has 0 radical (unpaired) electrons. The number of hydrogen-bond donors (Lipinski definition) is 1. The van der Waals surface area contributed by atoms with Gasteiger partial charge in [-0.25, -0.2) is 0 Å². The maximum absolute atomic E-state index is 9.21. The van der Waals surface area contributed by atoms with Gasteiger partial charge in [0.15, 0.2) is 0 Å². The number of nitrogens with one attached hydrogen (secondary N) is 1. The van der Waals surface area contributed by atoms with E-state index in [2.05, 4.69) is 55.4 Å². The highest BCUT2D eigenvalue weighted by molar-refractivity contribution is 5.59. The summed E-state index contributed by atoms with van der Waals surface area (Å²) in [6, 6.07) is 8.80. The van der Waals surface area contributed by atoms with Gasteiger partial charge in [0.2, 0.25) is 0 Å². The summed E-state index contributed by atoms with van der Waals surface area (Å²) in [6.07, 6.45) is 1.08. The van der Waals surface area contributed by atoms with E-state index in [0.717, 1.165) is 18.5 Å². The van der Waals surface area contributed by atoms with Crippen molar-refractivity contribution < 1.29 is 0 Å². The lowest BCUT2D eigenvalue weighted by molar-refractivity contribution is 0.546. The second kappa shape index (κ2) is 4.77. The van der Waals surface area contributed by atoms with Gasteiger partial charge in [-0.3, -0.25) is 5.32 Å². The molecule has 1 heterocycles. The van der Waals surface area contributed by atoms with Crippen LogP contribution < -0.4 is 10.2 Å². The fourth-order valence-electron chi connectivity index (χ4n) is 2.31. The predicted octanol–water partition coefficient (Wildman–Crippen LogP) is 2.24. The highest BCUT2D eigenvalue weighted by Gasteiger charge is 2.18. The van der Waals surface area contributed by atoms with Crippen LogP contribution in [0, 0.1) is 11.3 Å². The van der Waals surface area contributed by atoms with E-state index in [1.165, 1.54) is 11.3 Å². The Kier molecular flexibility index (Phi) is 3.35. The van der Waals surface area contributed by atoms with Crippen LogP contribution in [-0.2, 0) is 6.42 Å². The van der Waals surface area contributed by atoms with Crippen molar-refractivity contribution in [1.82, 2.24) is 5.32 Å². The number of anilines is 1. The minimum atomic E-state index is -0.203. The number of nitrogens with zero attached hydrogens (tertiary/aromatic N) is 2. The number of rotatable bonds is 3. The lowest BCUT2D eigenvalue weighted by Crippen LogP contribution is -2.27. The third-order valence-corrected chi connectivity index (χ3v) is 3.19. The molecule has 1 aromatic carbocycles. The van der Waals surface area contributed by atoms with Gasteiger partial charge >= 0.3 is 0 Å². The van der Waals surface area contributed by atoms with E-state index < -0.39 is 0 Å². The van der Waals surface area contributed by atoms with Gasteiger partial charge in [0, 0.05) is 25.3 Å². The first-order valence-corrected chi connectivity index (χ1v) is 6.11. The molecule has 3 nitrogen and oxygen atoms in total. The summed E-state index contributed by atoms with van der Waals surface area (Å²) >= 11 is 0. The van der Waals surface area contributed by atoms with Crippen LogP contribution in [0.3, 0.4) is 0 Å². The van der Waals surface area contributed by atoms with Gasteiger partial charge in [-0.15, -0.1) is 0 Å². The van der Waals surface area contributed by atoms with E-state index in [4.69, 9.17) is 0 Å². The Hall–Kier alpha value is -1.53. The van der Waals surface area contributed by atoms with E-state index in [0.29, 0.717) is 6.04 Å². The standard InChI is InChI=1S/C14H19N3/c1-10(2)16-13(9-15)11-4-5-14-12(8-11)6-7-17(14)3/h4-5,8,10,13,16H,6-7H2,1-3H3. The Bertz CT molecular complexity index is 445. The van der Waals surface area contributed by atoms with Crippen LogP contribution >= 0.6 is 0 Å². The average molecular weight is 229 g/mol. The van der Waals surface area contributed by atoms with Crippen LogP contribution in [0.1, 0.15) is 31.0 Å². The van der Waals surface area contributed by atoms with Crippen molar-refractivity contribution in [3.63, 3.8) is 0 Å². The Balaban J connectivity index is 2.25. The monoisotopic (exact) mass is 229 g/mol. The van der Waals surface area contributed by atoms with Crippen molar-refractivity contribution in [2.45, 2.75) is 32.4 Å². The van der Waals surface area contributed by atoms with E-state index >= 15 is 0 Å². The predicted molar refractivity (Wildman–Crippen MR) is 70.0 cm³/mol. The normalized spacial score (nSPS) is 15.8. The number of likely N-dealkylation sites (N-methyl/N-ethyl adjacent to an activating group) is 1. The van der Waals surface area contributed by atoms with Crippen LogP contribution in [0.2, 0.25) is 0 Å². The molecule has 1 N–H and O–H groups in total. The summed E-state index contributed by atoms with van der Waals surface area (Å²) in [5.41, 5.74) is 3.74. The second-order valence-electron chi connectivity index (χ2n) is 4.94. The molecule has 2 rings (SSSR count). The van der Waals surface area contributed by atoms with Gasteiger partial charge in [-0.05, 0) is 37.5 Å². The zero-order chi connectivity index (χ0) is 12.4. The maximum Gasteiger partial charge on any atom is 0.121 e. The molecule has 0 amide bonds. The first-order chi connectivity index (χ1) is 8.11. The van der Waals surface area contributed by atoms with Crippen LogP contribution in [-0.4, -0.2) is 19.6 Å². The van der Waals surface area contributed by atoms with Crippen molar-refractivity contribution in [3.8, 4) is 6.07 Å². The first kappa shape index (κ1) is 11.9. The van der Waals surface area contributed by atoms with Gasteiger partial charge in [-0.1, -0.05) is 12.1 Å². The molecule has 0 aliphatic carbocycles. The molecule has 1 aromatic rings. The molecule has 0 saturated heterocycles. The fraction of sp³-hybridized carbons (Fsp3) is 0.500. The summed E-state index contributed by atoms with van der Waals surface area (Å²) in [7, 11) is 2.11. The highest BCUT2D eigenvalue weighted by Crippen LogP contribution is 2.29. The number of benzene rings is 1. The topological polar surface area (TPSA) is 39.1 Å². The lowest BCUT2D eigenvalue weighted by Gasteiger charge is -2.17. The number of hydrogen-bond acceptors (Lipinski definition) is 3. The van der Waals surface area contributed by atoms with Crippen molar-refractivity contribution in [2.24, 2.45) is 0 Å². The SMILES string of the molecule is CC(C)NC(C#N)c1ccc2c(c1)CCN2C. The molecular weight excluding hydrogens is 210 g/mol. The molecule has 1 aliphatic rings. The molecule has 17 heavy (non-hydrogen) atoms. The number of fused-ring (bicyclic) bond motifs is 1. The zero-order valence-corrected chi connectivity index (χ0v) is 10.7. The van der Waals surface area contributed by atoms with Crippen molar-refractivity contribution in [2.75, 3.05) is 18.5 Å². The molecule has 0 fully saturated rings. The third-order valence-electron chi connectivity index (χ3n) is 3.19. The number of nitriles is 1. The van der Waals surface area contributed by atoms with Crippen molar-refractivity contribution in [3.05, 3.63) is 29.3 Å². The molecule has 0 spiro atoms. The van der Waals surface area contributed by atoms with Gasteiger partial charge in [0.1, 0.15) is 6.04 Å². The molecule has 0 bridgehead atoms. The quantitative estimate of drug-likeness (QED) is 0.864. The van der Waals surface area contributed by atoms with Crippen LogP contribution in [0.4, 0.5) is 5.69 Å². The largest absolute Gasteiger partial charge is 0.374 e. The molecule has 1 unspecified atom stereocenters. The van der Waals surface area contributed by atoms with E-state index in [-0.39, 0.29) is 6.04 Å². The Labute approximate surface area is 103 Å². The zero-order valence-electron chi connectivity index (χ0n) is 10.7. The van der Waals surface area contributed by atoms with Gasteiger partial charge < -0.3 is 4.90 Å². The minimum absolute atomic E-state index is 0.203. The van der Waals surface area contributed by atoms with Gasteiger partial charge in [0.05, 0.1) is 6.07 Å². The molecule has 90 valence electrons.